The minimum Gasteiger partial charge on any atom is -0.338 e. The monoisotopic (exact) mass is 271 g/mol. The number of urea groups is 1. The van der Waals surface area contributed by atoms with Crippen molar-refractivity contribution in [2.45, 2.75) is 19.4 Å². The first-order valence-electron chi connectivity index (χ1n) is 6.78. The first-order valence-corrected chi connectivity index (χ1v) is 6.78. The highest BCUT2D eigenvalue weighted by molar-refractivity contribution is 5.73. The third-order valence-corrected chi connectivity index (χ3v) is 3.25. The van der Waals surface area contributed by atoms with Crippen LogP contribution in [0.4, 0.5) is 4.79 Å². The first-order chi connectivity index (χ1) is 9.81. The molecule has 1 fully saturated rings. The van der Waals surface area contributed by atoms with Crippen molar-refractivity contribution in [3.05, 3.63) is 42.4 Å². The van der Waals surface area contributed by atoms with Crippen molar-refractivity contribution in [2.24, 2.45) is 5.92 Å². The van der Waals surface area contributed by atoms with Gasteiger partial charge in [-0.25, -0.2) is 14.5 Å². The van der Waals surface area contributed by atoms with E-state index in [9.17, 15) is 4.79 Å². The second-order valence-electron chi connectivity index (χ2n) is 4.98. The van der Waals surface area contributed by atoms with E-state index in [1.165, 1.54) is 12.8 Å². The molecule has 0 aromatic carbocycles. The lowest BCUT2D eigenvalue weighted by Gasteiger charge is -2.07. The van der Waals surface area contributed by atoms with Gasteiger partial charge in [0.15, 0.2) is 5.82 Å². The Kier molecular flexibility index (Phi) is 3.62. The standard InChI is InChI=1S/C14H17N5O/c20-14(16-8-11-2-3-11)17-10-12-4-5-13(15-9-12)19-7-1-6-18-19/h1,4-7,9,11H,2-3,8,10H2,(H2,16,17,20). The van der Waals surface area contributed by atoms with E-state index in [1.807, 2.05) is 24.4 Å². The SMILES string of the molecule is O=C(NCc1ccc(-n2cccn2)nc1)NCC1CC1. The molecule has 1 aliphatic carbocycles. The maximum atomic E-state index is 11.5. The van der Waals surface area contributed by atoms with Crippen LogP contribution in [0.15, 0.2) is 36.8 Å². The summed E-state index contributed by atoms with van der Waals surface area (Å²) < 4.78 is 1.69. The van der Waals surface area contributed by atoms with Gasteiger partial charge in [0.05, 0.1) is 0 Å². The van der Waals surface area contributed by atoms with Gasteiger partial charge in [0.2, 0.25) is 0 Å². The molecule has 3 rings (SSSR count). The highest BCUT2D eigenvalue weighted by Gasteiger charge is 2.21. The van der Waals surface area contributed by atoms with Crippen LogP contribution >= 0.6 is 0 Å². The van der Waals surface area contributed by atoms with Crippen LogP contribution in [0.3, 0.4) is 0 Å². The van der Waals surface area contributed by atoms with E-state index in [4.69, 9.17) is 0 Å². The Morgan fingerprint density at radius 3 is 2.90 bits per heavy atom. The molecule has 0 aliphatic heterocycles. The summed E-state index contributed by atoms with van der Waals surface area (Å²) in [7, 11) is 0. The number of carbonyl (C=O) groups is 1. The predicted molar refractivity (Wildman–Crippen MR) is 74.3 cm³/mol. The van der Waals surface area contributed by atoms with Crippen molar-refractivity contribution in [3.63, 3.8) is 0 Å². The van der Waals surface area contributed by atoms with Gasteiger partial charge in [-0.1, -0.05) is 6.07 Å². The Morgan fingerprint density at radius 2 is 2.25 bits per heavy atom. The Labute approximate surface area is 117 Å². The highest BCUT2D eigenvalue weighted by atomic mass is 16.2. The van der Waals surface area contributed by atoms with Crippen LogP contribution in [0.5, 0.6) is 0 Å². The lowest BCUT2D eigenvalue weighted by atomic mass is 10.3. The number of aromatic nitrogens is 3. The Hall–Kier alpha value is -2.37. The largest absolute Gasteiger partial charge is 0.338 e. The summed E-state index contributed by atoms with van der Waals surface area (Å²) in [5.41, 5.74) is 0.961. The Morgan fingerprint density at radius 1 is 1.35 bits per heavy atom. The van der Waals surface area contributed by atoms with Crippen molar-refractivity contribution >= 4 is 6.03 Å². The Bertz CT molecular complexity index is 560. The summed E-state index contributed by atoms with van der Waals surface area (Å²) in [6.45, 7) is 1.26. The van der Waals surface area contributed by atoms with E-state index < -0.39 is 0 Å². The maximum Gasteiger partial charge on any atom is 0.315 e. The normalized spacial score (nSPS) is 14.0. The minimum absolute atomic E-state index is 0.118. The zero-order valence-corrected chi connectivity index (χ0v) is 11.1. The van der Waals surface area contributed by atoms with Gasteiger partial charge in [-0.2, -0.15) is 5.10 Å². The van der Waals surface area contributed by atoms with E-state index in [-0.39, 0.29) is 6.03 Å². The summed E-state index contributed by atoms with van der Waals surface area (Å²) in [6.07, 6.45) is 7.77. The second-order valence-corrected chi connectivity index (χ2v) is 4.98. The molecule has 2 aromatic rings. The molecule has 0 saturated heterocycles. The third kappa shape index (κ3) is 3.34. The van der Waals surface area contributed by atoms with E-state index in [0.717, 1.165) is 17.9 Å². The van der Waals surface area contributed by atoms with Crippen LogP contribution < -0.4 is 10.6 Å². The zero-order valence-electron chi connectivity index (χ0n) is 11.1. The van der Waals surface area contributed by atoms with E-state index in [2.05, 4.69) is 20.7 Å². The lowest BCUT2D eigenvalue weighted by molar-refractivity contribution is 0.240. The van der Waals surface area contributed by atoms with Gasteiger partial charge >= 0.3 is 6.03 Å². The van der Waals surface area contributed by atoms with Gasteiger partial charge in [-0.15, -0.1) is 0 Å². The zero-order chi connectivity index (χ0) is 13.8. The molecule has 2 aromatic heterocycles. The first kappa shape index (κ1) is 12.7. The van der Waals surface area contributed by atoms with Crippen molar-refractivity contribution in [2.75, 3.05) is 6.54 Å². The van der Waals surface area contributed by atoms with Gasteiger partial charge in [0.25, 0.3) is 0 Å². The fourth-order valence-electron chi connectivity index (χ4n) is 1.86. The van der Waals surface area contributed by atoms with Crippen molar-refractivity contribution in [3.8, 4) is 5.82 Å². The summed E-state index contributed by atoms with van der Waals surface area (Å²) in [5.74, 6) is 1.45. The summed E-state index contributed by atoms with van der Waals surface area (Å²) in [6, 6.07) is 5.55. The molecule has 6 heteroatoms. The summed E-state index contributed by atoms with van der Waals surface area (Å²) in [5, 5.41) is 9.80. The van der Waals surface area contributed by atoms with E-state index >= 15 is 0 Å². The Balaban J connectivity index is 1.48. The average molecular weight is 271 g/mol. The summed E-state index contributed by atoms with van der Waals surface area (Å²) >= 11 is 0. The molecule has 0 radical (unpaired) electrons. The number of nitrogens with one attached hydrogen (secondary N) is 2. The van der Waals surface area contributed by atoms with Crippen LogP contribution in [-0.4, -0.2) is 27.3 Å². The average Bonchev–Trinajstić information content (AvgIpc) is 3.15. The van der Waals surface area contributed by atoms with Crippen LogP contribution in [-0.2, 0) is 6.54 Å². The molecule has 104 valence electrons. The molecule has 2 heterocycles. The van der Waals surface area contributed by atoms with E-state index in [0.29, 0.717) is 12.5 Å². The van der Waals surface area contributed by atoms with Gasteiger partial charge < -0.3 is 10.6 Å². The molecule has 20 heavy (non-hydrogen) atoms. The van der Waals surface area contributed by atoms with Crippen LogP contribution in [0.25, 0.3) is 5.82 Å². The number of pyridine rings is 1. The second kappa shape index (κ2) is 5.73. The number of rotatable bonds is 5. The van der Waals surface area contributed by atoms with Crippen molar-refractivity contribution in [1.82, 2.24) is 25.4 Å². The lowest BCUT2D eigenvalue weighted by Crippen LogP contribution is -2.36. The smallest absolute Gasteiger partial charge is 0.315 e. The molecule has 0 atom stereocenters. The number of nitrogens with zero attached hydrogens (tertiary/aromatic N) is 3. The van der Waals surface area contributed by atoms with Crippen LogP contribution in [0.2, 0.25) is 0 Å². The molecule has 0 spiro atoms. The minimum atomic E-state index is -0.118. The molecule has 0 unspecified atom stereocenters. The summed E-state index contributed by atoms with van der Waals surface area (Å²) in [4.78, 5) is 15.9. The fourth-order valence-corrected chi connectivity index (χ4v) is 1.86. The third-order valence-electron chi connectivity index (χ3n) is 3.25. The molecule has 2 amide bonds. The topological polar surface area (TPSA) is 71.8 Å². The molecule has 2 N–H and O–H groups in total. The van der Waals surface area contributed by atoms with Gasteiger partial charge in [0, 0.05) is 31.7 Å². The van der Waals surface area contributed by atoms with Crippen LogP contribution in [0, 0.1) is 5.92 Å². The molecule has 1 aliphatic rings. The molecular weight excluding hydrogens is 254 g/mol. The van der Waals surface area contributed by atoms with Gasteiger partial charge in [0.1, 0.15) is 0 Å². The number of carbonyl (C=O) groups excluding carboxylic acids is 1. The highest BCUT2D eigenvalue weighted by Crippen LogP contribution is 2.27. The van der Waals surface area contributed by atoms with E-state index in [1.54, 1.807) is 17.1 Å². The molecular formula is C14H17N5O. The van der Waals surface area contributed by atoms with Crippen LogP contribution in [0.1, 0.15) is 18.4 Å². The van der Waals surface area contributed by atoms with Gasteiger partial charge in [-0.05, 0) is 36.5 Å². The molecule has 1 saturated carbocycles. The van der Waals surface area contributed by atoms with Crippen molar-refractivity contribution < 1.29 is 4.79 Å². The predicted octanol–water partition coefficient (Wildman–Crippen LogP) is 1.48. The molecule has 0 bridgehead atoms. The van der Waals surface area contributed by atoms with Crippen molar-refractivity contribution in [1.29, 1.82) is 0 Å². The number of amides is 2. The number of hydrogen-bond donors (Lipinski definition) is 2. The fraction of sp³-hybridized carbons (Fsp3) is 0.357. The number of hydrogen-bond acceptors (Lipinski definition) is 3. The quantitative estimate of drug-likeness (QED) is 0.865. The van der Waals surface area contributed by atoms with Gasteiger partial charge in [-0.3, -0.25) is 0 Å². The molecule has 6 nitrogen and oxygen atoms in total. The maximum absolute atomic E-state index is 11.5.